The standard InChI is InChI=1S/C13H15N3OS/c17-13(11-4-2-8-18-11)16-7-1-3-10(9-16)12-14-5-6-15-12/h2,4-6,8,10H,1,3,7,9H2,(H,14,15). The van der Waals surface area contributed by atoms with Crippen molar-refractivity contribution < 1.29 is 4.79 Å². The lowest BCUT2D eigenvalue weighted by atomic mass is 9.97. The SMILES string of the molecule is O=C(c1cccs1)N1CCCC(c2ncc[nH]2)C1. The van der Waals surface area contributed by atoms with Gasteiger partial charge < -0.3 is 9.88 Å². The smallest absolute Gasteiger partial charge is 0.263 e. The van der Waals surface area contributed by atoms with Gasteiger partial charge in [0.1, 0.15) is 5.82 Å². The fraction of sp³-hybridized carbons (Fsp3) is 0.385. The normalized spacial score (nSPS) is 20.0. The Bertz CT molecular complexity index is 506. The number of likely N-dealkylation sites (tertiary alicyclic amines) is 1. The van der Waals surface area contributed by atoms with E-state index in [0.717, 1.165) is 36.6 Å². The summed E-state index contributed by atoms with van der Waals surface area (Å²) in [6, 6.07) is 3.81. The minimum absolute atomic E-state index is 0.154. The molecule has 0 bridgehead atoms. The van der Waals surface area contributed by atoms with Gasteiger partial charge in [0.25, 0.3) is 5.91 Å². The molecule has 1 unspecified atom stereocenters. The molecule has 0 aliphatic carbocycles. The molecular formula is C13H15N3OS. The predicted molar refractivity (Wildman–Crippen MR) is 70.8 cm³/mol. The molecule has 1 N–H and O–H groups in total. The number of carbonyl (C=O) groups is 1. The van der Waals surface area contributed by atoms with Crippen molar-refractivity contribution in [1.29, 1.82) is 0 Å². The fourth-order valence-electron chi connectivity index (χ4n) is 2.44. The van der Waals surface area contributed by atoms with Gasteiger partial charge in [0.15, 0.2) is 0 Å². The van der Waals surface area contributed by atoms with Crippen LogP contribution in [0.15, 0.2) is 29.9 Å². The van der Waals surface area contributed by atoms with Crippen molar-refractivity contribution in [2.75, 3.05) is 13.1 Å². The Morgan fingerprint density at radius 2 is 2.50 bits per heavy atom. The van der Waals surface area contributed by atoms with Gasteiger partial charge in [-0.3, -0.25) is 4.79 Å². The van der Waals surface area contributed by atoms with E-state index in [4.69, 9.17) is 0 Å². The maximum Gasteiger partial charge on any atom is 0.263 e. The first-order valence-electron chi connectivity index (χ1n) is 6.16. The molecular weight excluding hydrogens is 246 g/mol. The average Bonchev–Trinajstić information content (AvgIpc) is 3.11. The van der Waals surface area contributed by atoms with Crippen molar-refractivity contribution in [2.45, 2.75) is 18.8 Å². The Kier molecular flexibility index (Phi) is 3.15. The zero-order chi connectivity index (χ0) is 12.4. The van der Waals surface area contributed by atoms with Crippen molar-refractivity contribution in [1.82, 2.24) is 14.9 Å². The highest BCUT2D eigenvalue weighted by atomic mass is 32.1. The Morgan fingerprint density at radius 1 is 1.56 bits per heavy atom. The van der Waals surface area contributed by atoms with Gasteiger partial charge >= 0.3 is 0 Å². The highest BCUT2D eigenvalue weighted by Gasteiger charge is 2.26. The van der Waals surface area contributed by atoms with Gasteiger partial charge in [0.05, 0.1) is 4.88 Å². The highest BCUT2D eigenvalue weighted by Crippen LogP contribution is 2.26. The van der Waals surface area contributed by atoms with Gasteiger partial charge in [0, 0.05) is 31.4 Å². The second-order valence-corrected chi connectivity index (χ2v) is 5.49. The summed E-state index contributed by atoms with van der Waals surface area (Å²) in [5, 5.41) is 1.95. The van der Waals surface area contributed by atoms with E-state index in [1.54, 1.807) is 6.20 Å². The van der Waals surface area contributed by atoms with Gasteiger partial charge in [-0.05, 0) is 24.3 Å². The van der Waals surface area contributed by atoms with Crippen molar-refractivity contribution in [3.05, 3.63) is 40.6 Å². The van der Waals surface area contributed by atoms with E-state index in [0.29, 0.717) is 5.92 Å². The largest absolute Gasteiger partial charge is 0.348 e. The number of hydrogen-bond donors (Lipinski definition) is 1. The molecule has 2 aromatic rings. The number of aromatic amines is 1. The van der Waals surface area contributed by atoms with E-state index in [2.05, 4.69) is 9.97 Å². The van der Waals surface area contributed by atoms with Crippen LogP contribution in [-0.2, 0) is 0 Å². The van der Waals surface area contributed by atoms with Crippen LogP contribution in [-0.4, -0.2) is 33.9 Å². The molecule has 0 radical (unpaired) electrons. The zero-order valence-electron chi connectivity index (χ0n) is 10.0. The Morgan fingerprint density at radius 3 is 3.22 bits per heavy atom. The molecule has 18 heavy (non-hydrogen) atoms. The summed E-state index contributed by atoms with van der Waals surface area (Å²) in [6.45, 7) is 1.62. The number of imidazole rings is 1. The van der Waals surface area contributed by atoms with Crippen LogP contribution in [0.4, 0.5) is 0 Å². The van der Waals surface area contributed by atoms with Crippen molar-refractivity contribution in [3.63, 3.8) is 0 Å². The van der Waals surface area contributed by atoms with Crippen LogP contribution in [0.1, 0.15) is 34.3 Å². The van der Waals surface area contributed by atoms with Crippen LogP contribution < -0.4 is 0 Å². The monoisotopic (exact) mass is 261 g/mol. The highest BCUT2D eigenvalue weighted by molar-refractivity contribution is 7.12. The summed E-state index contributed by atoms with van der Waals surface area (Å²) in [4.78, 5) is 22.5. The van der Waals surface area contributed by atoms with E-state index in [1.165, 1.54) is 11.3 Å². The molecule has 2 aromatic heterocycles. The van der Waals surface area contributed by atoms with Gasteiger partial charge in [-0.1, -0.05) is 6.07 Å². The van der Waals surface area contributed by atoms with Crippen molar-refractivity contribution in [2.24, 2.45) is 0 Å². The van der Waals surface area contributed by atoms with Crippen molar-refractivity contribution in [3.8, 4) is 0 Å². The fourth-order valence-corrected chi connectivity index (χ4v) is 3.13. The molecule has 1 atom stereocenters. The molecule has 5 heteroatoms. The van der Waals surface area contributed by atoms with Crippen LogP contribution in [0.2, 0.25) is 0 Å². The molecule has 4 nitrogen and oxygen atoms in total. The number of carbonyl (C=O) groups excluding carboxylic acids is 1. The topological polar surface area (TPSA) is 49.0 Å². The maximum absolute atomic E-state index is 12.3. The summed E-state index contributed by atoms with van der Waals surface area (Å²) in [5.74, 6) is 1.50. The number of aromatic nitrogens is 2. The number of nitrogens with one attached hydrogen (secondary N) is 1. The Labute approximate surface area is 110 Å². The van der Waals surface area contributed by atoms with Crippen molar-refractivity contribution >= 4 is 17.2 Å². The van der Waals surface area contributed by atoms with E-state index in [-0.39, 0.29) is 5.91 Å². The second-order valence-electron chi connectivity index (χ2n) is 4.54. The summed E-state index contributed by atoms with van der Waals surface area (Å²) in [5.41, 5.74) is 0. The van der Waals surface area contributed by atoms with Gasteiger partial charge in [-0.2, -0.15) is 0 Å². The Balaban J connectivity index is 1.73. The molecule has 1 saturated heterocycles. The molecule has 0 aromatic carbocycles. The minimum Gasteiger partial charge on any atom is -0.348 e. The van der Waals surface area contributed by atoms with Crippen LogP contribution in [0.5, 0.6) is 0 Å². The molecule has 1 aliphatic rings. The number of H-pyrrole nitrogens is 1. The molecule has 94 valence electrons. The molecule has 1 fully saturated rings. The first-order chi connectivity index (χ1) is 8.84. The third-order valence-corrected chi connectivity index (χ3v) is 4.20. The average molecular weight is 261 g/mol. The molecule has 0 saturated carbocycles. The predicted octanol–water partition coefficient (Wildman–Crippen LogP) is 2.49. The summed E-state index contributed by atoms with van der Waals surface area (Å²) in [7, 11) is 0. The van der Waals surface area contributed by atoms with Crippen LogP contribution >= 0.6 is 11.3 Å². The van der Waals surface area contributed by atoms with E-state index < -0.39 is 0 Å². The number of piperidine rings is 1. The molecule has 3 heterocycles. The lowest BCUT2D eigenvalue weighted by Gasteiger charge is -2.31. The lowest BCUT2D eigenvalue weighted by molar-refractivity contribution is 0.0709. The van der Waals surface area contributed by atoms with E-state index in [9.17, 15) is 4.79 Å². The third kappa shape index (κ3) is 2.18. The zero-order valence-corrected chi connectivity index (χ0v) is 10.8. The lowest BCUT2D eigenvalue weighted by Crippen LogP contribution is -2.39. The van der Waals surface area contributed by atoms with Crippen LogP contribution in [0.25, 0.3) is 0 Å². The maximum atomic E-state index is 12.3. The molecule has 1 amide bonds. The van der Waals surface area contributed by atoms with E-state index in [1.807, 2.05) is 28.6 Å². The third-order valence-electron chi connectivity index (χ3n) is 3.35. The molecule has 3 rings (SSSR count). The second kappa shape index (κ2) is 4.94. The number of thiophene rings is 1. The minimum atomic E-state index is 0.154. The number of nitrogens with zero attached hydrogens (tertiary/aromatic N) is 2. The quantitative estimate of drug-likeness (QED) is 0.903. The number of amides is 1. The number of hydrogen-bond acceptors (Lipinski definition) is 3. The van der Waals surface area contributed by atoms with Gasteiger partial charge in [-0.15, -0.1) is 11.3 Å². The van der Waals surface area contributed by atoms with Crippen LogP contribution in [0.3, 0.4) is 0 Å². The number of rotatable bonds is 2. The van der Waals surface area contributed by atoms with Gasteiger partial charge in [-0.25, -0.2) is 4.98 Å². The van der Waals surface area contributed by atoms with E-state index >= 15 is 0 Å². The summed E-state index contributed by atoms with van der Waals surface area (Å²) >= 11 is 1.51. The first kappa shape index (κ1) is 11.5. The molecule has 1 aliphatic heterocycles. The first-order valence-corrected chi connectivity index (χ1v) is 7.04. The van der Waals surface area contributed by atoms with Gasteiger partial charge in [0.2, 0.25) is 0 Å². The van der Waals surface area contributed by atoms with Crippen LogP contribution in [0, 0.1) is 0 Å². The summed E-state index contributed by atoms with van der Waals surface area (Å²) < 4.78 is 0. The molecule has 0 spiro atoms. The Hall–Kier alpha value is -1.62. The summed E-state index contributed by atoms with van der Waals surface area (Å²) in [6.07, 6.45) is 5.76.